The maximum Gasteiger partial charge on any atom is 0.187 e. The van der Waals surface area contributed by atoms with Crippen molar-refractivity contribution < 1.29 is 0 Å². The average Bonchev–Trinajstić information content (AvgIpc) is 2.70. The van der Waals surface area contributed by atoms with E-state index in [9.17, 15) is 0 Å². The van der Waals surface area contributed by atoms with Gasteiger partial charge in [-0.15, -0.1) is 10.2 Å². The summed E-state index contributed by atoms with van der Waals surface area (Å²) in [5.74, 6) is 0.707. The van der Waals surface area contributed by atoms with E-state index in [-0.39, 0.29) is 5.41 Å². The molecule has 0 aromatic carbocycles. The molecule has 1 heterocycles. The van der Waals surface area contributed by atoms with Crippen molar-refractivity contribution in [1.29, 1.82) is 0 Å². The van der Waals surface area contributed by atoms with Crippen LogP contribution in [0.25, 0.3) is 0 Å². The van der Waals surface area contributed by atoms with Gasteiger partial charge in [0.2, 0.25) is 0 Å². The second-order valence-electron chi connectivity index (χ2n) is 3.59. The second kappa shape index (κ2) is 4.07. The van der Waals surface area contributed by atoms with Crippen molar-refractivity contribution in [2.45, 2.75) is 12.3 Å². The first kappa shape index (κ1) is 10.2. The molecule has 1 aromatic heterocycles. The molecule has 2 rings (SSSR count). The summed E-state index contributed by atoms with van der Waals surface area (Å²) in [5.41, 5.74) is -0.255. The molecule has 1 aliphatic rings. The van der Waals surface area contributed by atoms with Gasteiger partial charge in [0.25, 0.3) is 0 Å². The van der Waals surface area contributed by atoms with Crippen LogP contribution in [0, 0.1) is 0 Å². The first-order valence-corrected chi connectivity index (χ1v) is 6.25. The zero-order valence-electron chi connectivity index (χ0n) is 8.73. The van der Waals surface area contributed by atoms with Gasteiger partial charge in [0.05, 0.1) is 5.41 Å². The van der Waals surface area contributed by atoms with Crippen LogP contribution in [-0.2, 0) is 5.41 Å². The highest BCUT2D eigenvalue weighted by Gasteiger charge is 2.26. The van der Waals surface area contributed by atoms with E-state index in [2.05, 4.69) is 52.4 Å². The molecule has 15 heavy (non-hydrogen) atoms. The Morgan fingerprint density at radius 2 is 2.27 bits per heavy atom. The molecule has 0 spiro atoms. The zero-order valence-corrected chi connectivity index (χ0v) is 9.73. The zero-order chi connectivity index (χ0) is 10.7. The van der Waals surface area contributed by atoms with Crippen molar-refractivity contribution in [3.63, 3.8) is 0 Å². The van der Waals surface area contributed by atoms with E-state index in [0.717, 1.165) is 8.58 Å². The van der Waals surface area contributed by atoms with Gasteiger partial charge in [0.1, 0.15) is 0 Å². The van der Waals surface area contributed by atoms with Crippen LogP contribution in [-0.4, -0.2) is 27.3 Å². The minimum absolute atomic E-state index is 0.255. The Morgan fingerprint density at radius 1 is 1.40 bits per heavy atom. The summed E-state index contributed by atoms with van der Waals surface area (Å²) in [5, 5.41) is 15.5. The molecule has 0 bridgehead atoms. The maximum absolute atomic E-state index is 4.05. The van der Waals surface area contributed by atoms with Gasteiger partial charge in [-0.3, -0.25) is 0 Å². The quantitative estimate of drug-likeness (QED) is 0.773. The number of hydrogen-bond acceptors (Lipinski definition) is 3. The lowest BCUT2D eigenvalue weighted by atomic mass is 9.89. The van der Waals surface area contributed by atoms with Gasteiger partial charge in [-0.25, -0.2) is 0 Å². The van der Waals surface area contributed by atoms with E-state index in [4.69, 9.17) is 0 Å². The molecule has 2 unspecified atom stereocenters. The van der Waals surface area contributed by atoms with Crippen LogP contribution in [0.4, 0.5) is 0 Å². The number of nitrogens with one attached hydrogen (secondary N) is 1. The Bertz CT molecular complexity index is 419. The minimum atomic E-state index is -0.255. The van der Waals surface area contributed by atoms with Crippen LogP contribution >= 0.6 is 8.58 Å². The normalized spacial score (nSPS) is 25.9. The van der Waals surface area contributed by atoms with E-state index >= 15 is 0 Å². The number of nitrogens with zero attached hydrogens (tertiary/aromatic N) is 3. The van der Waals surface area contributed by atoms with Crippen LogP contribution in [0.2, 0.25) is 0 Å². The Morgan fingerprint density at radius 3 is 2.93 bits per heavy atom. The third-order valence-electron chi connectivity index (χ3n) is 2.40. The lowest BCUT2D eigenvalue weighted by Gasteiger charge is -2.17. The van der Waals surface area contributed by atoms with Crippen molar-refractivity contribution in [1.82, 2.24) is 20.6 Å². The lowest BCUT2D eigenvalue weighted by Crippen LogP contribution is -2.18. The summed E-state index contributed by atoms with van der Waals surface area (Å²) in [6.07, 6.45) is 10.5. The Hall–Kier alpha value is -1.28. The lowest BCUT2D eigenvalue weighted by molar-refractivity contribution is 0.688. The molecule has 5 heteroatoms. The monoisotopic (exact) mass is 220 g/mol. The SMILES string of the molecule is CPC1=CC(C)(c2nn[nH]n2)C=CC=C1. The van der Waals surface area contributed by atoms with Gasteiger partial charge in [-0.1, -0.05) is 44.2 Å². The Balaban J connectivity index is 2.43. The van der Waals surface area contributed by atoms with Crippen LogP contribution in [0.3, 0.4) is 0 Å². The summed E-state index contributed by atoms with van der Waals surface area (Å²) < 4.78 is 0. The molecule has 4 nitrogen and oxygen atoms in total. The number of aromatic amines is 1. The van der Waals surface area contributed by atoms with Crippen molar-refractivity contribution in [2.24, 2.45) is 0 Å². The molecule has 0 saturated carbocycles. The predicted molar refractivity (Wildman–Crippen MR) is 62.1 cm³/mol. The van der Waals surface area contributed by atoms with E-state index < -0.39 is 0 Å². The number of hydrogen-bond donors (Lipinski definition) is 1. The average molecular weight is 220 g/mol. The fraction of sp³-hybridized carbons (Fsp3) is 0.300. The first-order valence-electron chi connectivity index (χ1n) is 4.75. The molecule has 0 radical (unpaired) electrons. The summed E-state index contributed by atoms with van der Waals surface area (Å²) in [7, 11) is 0.772. The van der Waals surface area contributed by atoms with Crippen molar-refractivity contribution in [3.05, 3.63) is 41.5 Å². The van der Waals surface area contributed by atoms with Crippen LogP contribution in [0.15, 0.2) is 35.7 Å². The second-order valence-corrected chi connectivity index (χ2v) is 4.66. The van der Waals surface area contributed by atoms with E-state index in [1.54, 1.807) is 0 Å². The van der Waals surface area contributed by atoms with Crippen molar-refractivity contribution in [2.75, 3.05) is 6.66 Å². The molecule has 1 N–H and O–H groups in total. The molecule has 78 valence electrons. The van der Waals surface area contributed by atoms with Crippen LogP contribution < -0.4 is 0 Å². The van der Waals surface area contributed by atoms with Crippen molar-refractivity contribution >= 4 is 8.58 Å². The molecule has 1 aliphatic carbocycles. The third kappa shape index (κ3) is 2.05. The third-order valence-corrected chi connectivity index (χ3v) is 3.29. The molecule has 2 atom stereocenters. The molecule has 0 amide bonds. The predicted octanol–water partition coefficient (Wildman–Crippen LogP) is 1.78. The van der Waals surface area contributed by atoms with Gasteiger partial charge in [-0.2, -0.15) is 5.21 Å². The van der Waals surface area contributed by atoms with Crippen molar-refractivity contribution in [3.8, 4) is 0 Å². The molecule has 0 aliphatic heterocycles. The van der Waals surface area contributed by atoms with Gasteiger partial charge in [0.15, 0.2) is 5.82 Å². The topological polar surface area (TPSA) is 54.5 Å². The fourth-order valence-electron chi connectivity index (χ4n) is 1.52. The highest BCUT2D eigenvalue weighted by atomic mass is 31.1. The molecular weight excluding hydrogens is 207 g/mol. The van der Waals surface area contributed by atoms with E-state index in [1.807, 2.05) is 12.2 Å². The van der Waals surface area contributed by atoms with Gasteiger partial charge in [-0.05, 0) is 18.9 Å². The smallest absolute Gasteiger partial charge is 0.177 e. The van der Waals surface area contributed by atoms with Crippen LogP contribution in [0.5, 0.6) is 0 Å². The maximum atomic E-state index is 4.05. The first-order chi connectivity index (χ1) is 7.24. The summed E-state index contributed by atoms with van der Waals surface area (Å²) in [6, 6.07) is 0. The van der Waals surface area contributed by atoms with Gasteiger partial charge in [0, 0.05) is 0 Å². The Kier molecular flexibility index (Phi) is 2.78. The van der Waals surface area contributed by atoms with Gasteiger partial charge < -0.3 is 0 Å². The highest BCUT2D eigenvalue weighted by molar-refractivity contribution is 7.42. The number of allylic oxidation sites excluding steroid dienone is 6. The van der Waals surface area contributed by atoms with E-state index in [0.29, 0.717) is 5.82 Å². The fourth-order valence-corrected chi connectivity index (χ4v) is 2.23. The largest absolute Gasteiger partial charge is 0.187 e. The molecule has 1 aromatic rings. The number of tetrazole rings is 1. The van der Waals surface area contributed by atoms with Gasteiger partial charge >= 0.3 is 0 Å². The number of H-pyrrole nitrogens is 1. The Labute approximate surface area is 90.3 Å². The molecular formula is C10H13N4P. The number of rotatable bonds is 2. The molecule has 0 fully saturated rings. The highest BCUT2D eigenvalue weighted by Crippen LogP contribution is 2.32. The van der Waals surface area contributed by atoms with Crippen LogP contribution in [0.1, 0.15) is 12.7 Å². The van der Waals surface area contributed by atoms with E-state index in [1.165, 1.54) is 5.31 Å². The number of aromatic nitrogens is 4. The summed E-state index contributed by atoms with van der Waals surface area (Å²) in [4.78, 5) is 0. The molecule has 0 saturated heterocycles. The summed E-state index contributed by atoms with van der Waals surface area (Å²) in [6.45, 7) is 4.25. The minimum Gasteiger partial charge on any atom is -0.177 e. The summed E-state index contributed by atoms with van der Waals surface area (Å²) >= 11 is 0. The standard InChI is InChI=1S/C10H13N4P/c1-10(9-11-13-14-12-9)6-4-3-5-8(7-10)15-2/h3-7,15H,1-2H3,(H,11,12,13,14).